The minimum absolute atomic E-state index is 0.179. The molecule has 0 spiro atoms. The van der Waals surface area contributed by atoms with Crippen LogP contribution in [0.1, 0.15) is 17.3 Å². The van der Waals surface area contributed by atoms with Gasteiger partial charge in [0.15, 0.2) is 0 Å². The van der Waals surface area contributed by atoms with Gasteiger partial charge in [-0.3, -0.25) is 4.79 Å². The quantitative estimate of drug-likeness (QED) is 0.728. The zero-order valence-corrected chi connectivity index (χ0v) is 12.1. The van der Waals surface area contributed by atoms with Crippen LogP contribution in [-0.2, 0) is 0 Å². The highest BCUT2D eigenvalue weighted by atomic mass is 127. The number of rotatable bonds is 1. The molecule has 1 aromatic rings. The molecule has 1 amide bonds. The maximum Gasteiger partial charge on any atom is 0.255 e. The van der Waals surface area contributed by atoms with E-state index in [2.05, 4.69) is 29.5 Å². The molecule has 0 radical (unpaired) electrons. The highest BCUT2D eigenvalue weighted by Crippen LogP contribution is 2.20. The lowest BCUT2D eigenvalue weighted by atomic mass is 10.1. The molecule has 0 bridgehead atoms. The van der Waals surface area contributed by atoms with Crippen LogP contribution in [-0.4, -0.2) is 34.9 Å². The lowest BCUT2D eigenvalue weighted by Gasteiger charge is -2.33. The predicted molar refractivity (Wildman–Crippen MR) is 77.0 cm³/mol. The summed E-state index contributed by atoms with van der Waals surface area (Å²) in [4.78, 5) is 14.3. The number of hydrogen-bond donors (Lipinski definition) is 0. The molecule has 1 fully saturated rings. The van der Waals surface area contributed by atoms with Gasteiger partial charge in [-0.05, 0) is 41.6 Å². The summed E-state index contributed by atoms with van der Waals surface area (Å²) < 4.78 is 1.04. The number of halogens is 1. The van der Waals surface area contributed by atoms with E-state index in [0.717, 1.165) is 27.2 Å². The van der Waals surface area contributed by atoms with Gasteiger partial charge in [-0.15, -0.1) is 0 Å². The van der Waals surface area contributed by atoms with Crippen molar-refractivity contribution in [3.05, 3.63) is 33.4 Å². The summed E-state index contributed by atoms with van der Waals surface area (Å²) in [7, 11) is 0. The first-order valence-electron chi connectivity index (χ1n) is 5.33. The van der Waals surface area contributed by atoms with Crippen molar-refractivity contribution in [3.8, 4) is 0 Å². The monoisotopic (exact) mass is 347 g/mol. The Balaban J connectivity index is 2.21. The van der Waals surface area contributed by atoms with E-state index in [9.17, 15) is 4.79 Å². The minimum Gasteiger partial charge on any atom is -0.334 e. The molecule has 0 aromatic heterocycles. The van der Waals surface area contributed by atoms with Crippen LogP contribution in [0, 0.1) is 3.57 Å². The van der Waals surface area contributed by atoms with Crippen molar-refractivity contribution in [2.45, 2.75) is 13.0 Å². The van der Waals surface area contributed by atoms with Gasteiger partial charge in [0.25, 0.3) is 5.91 Å². The molecule has 1 unspecified atom stereocenters. The van der Waals surface area contributed by atoms with Crippen molar-refractivity contribution in [2.24, 2.45) is 0 Å². The van der Waals surface area contributed by atoms with Crippen LogP contribution in [0.5, 0.6) is 0 Å². The number of amides is 1. The number of carbonyl (C=O) groups excluding carboxylic acids is 1. The first-order chi connectivity index (χ1) is 7.70. The van der Waals surface area contributed by atoms with Crippen LogP contribution >= 0.6 is 34.4 Å². The van der Waals surface area contributed by atoms with E-state index < -0.39 is 0 Å². The van der Waals surface area contributed by atoms with Gasteiger partial charge < -0.3 is 4.90 Å². The normalized spacial score (nSPS) is 20.9. The molecule has 16 heavy (non-hydrogen) atoms. The third-order valence-electron chi connectivity index (χ3n) is 2.73. The fourth-order valence-electron chi connectivity index (χ4n) is 1.82. The molecule has 0 N–H and O–H groups in total. The molecule has 2 rings (SSSR count). The molecule has 1 atom stereocenters. The number of hydrogen-bond acceptors (Lipinski definition) is 2. The molecule has 0 aliphatic carbocycles. The summed E-state index contributed by atoms with van der Waals surface area (Å²) in [6, 6.07) is 8.14. The molecule has 1 saturated heterocycles. The average molecular weight is 347 g/mol. The predicted octanol–water partition coefficient (Wildman–Crippen LogP) is 2.87. The summed E-state index contributed by atoms with van der Waals surface area (Å²) in [6.07, 6.45) is 0. The van der Waals surface area contributed by atoms with Crippen molar-refractivity contribution in [1.82, 2.24) is 4.90 Å². The van der Waals surface area contributed by atoms with Crippen LogP contribution < -0.4 is 0 Å². The van der Waals surface area contributed by atoms with Gasteiger partial charge >= 0.3 is 0 Å². The fraction of sp³-hybridized carbons (Fsp3) is 0.417. The maximum atomic E-state index is 12.3. The van der Waals surface area contributed by atoms with Crippen molar-refractivity contribution < 1.29 is 4.79 Å². The zero-order chi connectivity index (χ0) is 11.5. The van der Waals surface area contributed by atoms with E-state index in [4.69, 9.17) is 0 Å². The smallest absolute Gasteiger partial charge is 0.255 e. The van der Waals surface area contributed by atoms with Gasteiger partial charge in [-0.2, -0.15) is 11.8 Å². The van der Waals surface area contributed by atoms with E-state index in [1.165, 1.54) is 0 Å². The van der Waals surface area contributed by atoms with Crippen LogP contribution in [0.2, 0.25) is 0 Å². The van der Waals surface area contributed by atoms with Crippen molar-refractivity contribution in [1.29, 1.82) is 0 Å². The van der Waals surface area contributed by atoms with Crippen molar-refractivity contribution >= 4 is 40.3 Å². The Morgan fingerprint density at radius 3 is 2.94 bits per heavy atom. The van der Waals surface area contributed by atoms with Crippen LogP contribution in [0.4, 0.5) is 0 Å². The Kier molecular flexibility index (Phi) is 4.13. The van der Waals surface area contributed by atoms with Gasteiger partial charge in [0.1, 0.15) is 0 Å². The fourth-order valence-corrected chi connectivity index (χ4v) is 3.45. The number of nitrogens with zero attached hydrogens (tertiary/aromatic N) is 1. The Bertz CT molecular complexity index is 396. The van der Waals surface area contributed by atoms with Gasteiger partial charge in [-0.25, -0.2) is 0 Å². The van der Waals surface area contributed by atoms with E-state index in [-0.39, 0.29) is 5.91 Å². The second-order valence-corrected chi connectivity index (χ2v) is 6.21. The Labute approximate surface area is 114 Å². The Morgan fingerprint density at radius 2 is 2.25 bits per heavy atom. The van der Waals surface area contributed by atoms with Gasteiger partial charge in [0.05, 0.1) is 5.56 Å². The molecule has 2 nitrogen and oxygen atoms in total. The van der Waals surface area contributed by atoms with E-state index in [1.54, 1.807) is 0 Å². The summed E-state index contributed by atoms with van der Waals surface area (Å²) in [5.74, 6) is 2.28. The Morgan fingerprint density at radius 1 is 1.50 bits per heavy atom. The summed E-state index contributed by atoms with van der Waals surface area (Å²) in [5.41, 5.74) is 0.835. The second-order valence-electron chi connectivity index (χ2n) is 3.90. The highest BCUT2D eigenvalue weighted by Gasteiger charge is 2.25. The van der Waals surface area contributed by atoms with E-state index in [1.807, 2.05) is 40.9 Å². The lowest BCUT2D eigenvalue weighted by Crippen LogP contribution is -2.44. The summed E-state index contributed by atoms with van der Waals surface area (Å²) >= 11 is 4.15. The molecule has 86 valence electrons. The van der Waals surface area contributed by atoms with E-state index in [0.29, 0.717) is 6.04 Å². The maximum absolute atomic E-state index is 12.3. The van der Waals surface area contributed by atoms with Crippen LogP contribution in [0.3, 0.4) is 0 Å². The topological polar surface area (TPSA) is 20.3 Å². The molecule has 0 saturated carbocycles. The standard InChI is InChI=1S/C12H14INOS/c1-9-8-16-7-6-14(9)12(15)10-4-2-3-5-11(10)13/h2-5,9H,6-8H2,1H3. The highest BCUT2D eigenvalue weighted by molar-refractivity contribution is 14.1. The SMILES string of the molecule is CC1CSCCN1C(=O)c1ccccc1I. The van der Waals surface area contributed by atoms with E-state index >= 15 is 0 Å². The van der Waals surface area contributed by atoms with Crippen LogP contribution in [0.25, 0.3) is 0 Å². The number of benzene rings is 1. The summed E-state index contributed by atoms with van der Waals surface area (Å²) in [5, 5.41) is 0. The first kappa shape index (κ1) is 12.2. The van der Waals surface area contributed by atoms with Crippen molar-refractivity contribution in [3.63, 3.8) is 0 Å². The van der Waals surface area contributed by atoms with Crippen LogP contribution in [0.15, 0.2) is 24.3 Å². The van der Waals surface area contributed by atoms with Gasteiger partial charge in [0.2, 0.25) is 0 Å². The third-order valence-corrected chi connectivity index (χ3v) is 4.86. The molecule has 1 aliphatic rings. The lowest BCUT2D eigenvalue weighted by molar-refractivity contribution is 0.0715. The molecule has 1 heterocycles. The average Bonchev–Trinajstić information content (AvgIpc) is 2.29. The largest absolute Gasteiger partial charge is 0.334 e. The Hall–Kier alpha value is -0.230. The third kappa shape index (κ3) is 2.53. The molecular weight excluding hydrogens is 333 g/mol. The number of thioether (sulfide) groups is 1. The first-order valence-corrected chi connectivity index (χ1v) is 7.56. The van der Waals surface area contributed by atoms with Gasteiger partial charge in [-0.1, -0.05) is 12.1 Å². The van der Waals surface area contributed by atoms with Crippen molar-refractivity contribution in [2.75, 3.05) is 18.1 Å². The zero-order valence-electron chi connectivity index (χ0n) is 9.15. The summed E-state index contributed by atoms with van der Waals surface area (Å²) in [6.45, 7) is 3.00. The van der Waals surface area contributed by atoms with Gasteiger partial charge in [0, 0.05) is 27.7 Å². The molecule has 1 aromatic carbocycles. The molecular formula is C12H14INOS. The minimum atomic E-state index is 0.179. The second kappa shape index (κ2) is 5.40. The molecule has 1 aliphatic heterocycles. The molecule has 4 heteroatoms. The number of carbonyl (C=O) groups is 1.